The minimum Gasteiger partial charge on any atom is -0.506 e. The van der Waals surface area contributed by atoms with Gasteiger partial charge in [-0.05, 0) is 30.7 Å². The van der Waals surface area contributed by atoms with Crippen LogP contribution in [0.15, 0.2) is 45.6 Å². The number of fused-ring (bicyclic) bond motifs is 1. The number of anilines is 1. The van der Waals surface area contributed by atoms with Gasteiger partial charge < -0.3 is 24.1 Å². The summed E-state index contributed by atoms with van der Waals surface area (Å²) < 4.78 is 10.8. The predicted octanol–water partition coefficient (Wildman–Crippen LogP) is 3.36. The summed E-state index contributed by atoms with van der Waals surface area (Å²) in [5.74, 6) is 0.518. The monoisotopic (exact) mass is 442 g/mol. The van der Waals surface area contributed by atoms with Gasteiger partial charge in [-0.25, -0.2) is 4.79 Å². The van der Waals surface area contributed by atoms with E-state index in [4.69, 9.17) is 20.8 Å². The highest BCUT2D eigenvalue weighted by Crippen LogP contribution is 2.31. The number of methoxy groups -OCH3 is 1. The van der Waals surface area contributed by atoms with E-state index in [1.54, 1.807) is 25.0 Å². The molecule has 4 rings (SSSR count). The normalized spacial score (nSPS) is 14.2. The highest BCUT2D eigenvalue weighted by molar-refractivity contribution is 6.32. The first-order chi connectivity index (χ1) is 14.9. The van der Waals surface area contributed by atoms with E-state index in [0.29, 0.717) is 42.7 Å². The Hall–Kier alpha value is -3.19. The zero-order chi connectivity index (χ0) is 22.1. The molecule has 1 amide bonds. The number of phenolic OH excluding ortho intramolecular Hbond substituents is 1. The van der Waals surface area contributed by atoms with Crippen LogP contribution in [0.4, 0.5) is 5.69 Å². The van der Waals surface area contributed by atoms with Gasteiger partial charge in [0, 0.05) is 37.6 Å². The number of ether oxygens (including phenoxy) is 1. The zero-order valence-corrected chi connectivity index (χ0v) is 18.1. The van der Waals surface area contributed by atoms with Crippen LogP contribution >= 0.6 is 11.6 Å². The molecule has 3 aromatic rings. The summed E-state index contributed by atoms with van der Waals surface area (Å²) in [7, 11) is 1.64. The topological polar surface area (TPSA) is 83.2 Å². The zero-order valence-electron chi connectivity index (χ0n) is 17.4. The Balaban J connectivity index is 1.50. The predicted molar refractivity (Wildman–Crippen MR) is 119 cm³/mol. The van der Waals surface area contributed by atoms with Crippen LogP contribution in [0, 0.1) is 6.92 Å². The van der Waals surface area contributed by atoms with Crippen LogP contribution in [-0.2, 0) is 11.2 Å². The van der Waals surface area contributed by atoms with Crippen molar-refractivity contribution in [1.29, 1.82) is 0 Å². The lowest BCUT2D eigenvalue weighted by molar-refractivity contribution is -0.130. The molecule has 0 bridgehead atoms. The molecule has 0 unspecified atom stereocenters. The van der Waals surface area contributed by atoms with Gasteiger partial charge in [0.2, 0.25) is 5.91 Å². The van der Waals surface area contributed by atoms with Gasteiger partial charge in [-0.1, -0.05) is 23.7 Å². The molecular formula is C23H23ClN2O5. The van der Waals surface area contributed by atoms with Crippen LogP contribution < -0.4 is 15.3 Å². The van der Waals surface area contributed by atoms with Crippen molar-refractivity contribution in [3.8, 4) is 11.5 Å². The molecule has 1 aliphatic heterocycles. The van der Waals surface area contributed by atoms with Crippen molar-refractivity contribution in [3.63, 3.8) is 0 Å². The highest BCUT2D eigenvalue weighted by Gasteiger charge is 2.25. The lowest BCUT2D eigenvalue weighted by Crippen LogP contribution is -2.49. The van der Waals surface area contributed by atoms with Crippen molar-refractivity contribution < 1.29 is 19.1 Å². The van der Waals surface area contributed by atoms with Crippen molar-refractivity contribution in [2.75, 3.05) is 38.2 Å². The third-order valence-electron chi connectivity index (χ3n) is 5.74. The lowest BCUT2D eigenvalue weighted by atomic mass is 10.0. The van der Waals surface area contributed by atoms with Crippen LogP contribution in [0.5, 0.6) is 11.5 Å². The van der Waals surface area contributed by atoms with Crippen LogP contribution in [0.25, 0.3) is 11.0 Å². The van der Waals surface area contributed by atoms with Crippen molar-refractivity contribution in [2.24, 2.45) is 0 Å². The Morgan fingerprint density at radius 3 is 2.61 bits per heavy atom. The average Bonchev–Trinajstić information content (AvgIpc) is 2.78. The first-order valence-corrected chi connectivity index (χ1v) is 10.4. The van der Waals surface area contributed by atoms with Crippen LogP contribution in [0.2, 0.25) is 5.02 Å². The number of piperazine rings is 1. The van der Waals surface area contributed by atoms with Crippen LogP contribution in [0.3, 0.4) is 0 Å². The smallest absolute Gasteiger partial charge is 0.340 e. The van der Waals surface area contributed by atoms with Gasteiger partial charge in [-0.2, -0.15) is 0 Å². The third kappa shape index (κ3) is 4.05. The van der Waals surface area contributed by atoms with Crippen molar-refractivity contribution in [2.45, 2.75) is 13.3 Å². The van der Waals surface area contributed by atoms with E-state index in [1.165, 1.54) is 6.07 Å². The standard InChI is InChI=1S/C23H23ClN2O5/c1-14-15-11-17(24)19(27)13-21(15)31-23(29)16(14)12-22(28)26-9-7-25(8-10-26)18-5-3-4-6-20(18)30-2/h3-6,11,13,27H,7-10,12H2,1-2H3. The fraction of sp³-hybridized carbons (Fsp3) is 0.304. The van der Waals surface area contributed by atoms with E-state index < -0.39 is 5.63 Å². The molecule has 2 aromatic carbocycles. The molecule has 8 heteroatoms. The summed E-state index contributed by atoms with van der Waals surface area (Å²) in [6.07, 6.45) is -0.0444. The van der Waals surface area contributed by atoms with Crippen molar-refractivity contribution >= 4 is 34.2 Å². The number of carbonyl (C=O) groups is 1. The molecule has 162 valence electrons. The molecule has 2 heterocycles. The summed E-state index contributed by atoms with van der Waals surface area (Å²) in [6, 6.07) is 10.7. The summed E-state index contributed by atoms with van der Waals surface area (Å²) in [5, 5.41) is 10.5. The van der Waals surface area contributed by atoms with E-state index >= 15 is 0 Å². The van der Waals surface area contributed by atoms with Crippen LogP contribution in [0.1, 0.15) is 11.1 Å². The molecule has 1 fully saturated rings. The Kier molecular flexibility index (Phi) is 5.78. The van der Waals surface area contributed by atoms with E-state index in [1.807, 2.05) is 24.3 Å². The van der Waals surface area contributed by atoms with Crippen LogP contribution in [-0.4, -0.2) is 49.2 Å². The second-order valence-electron chi connectivity index (χ2n) is 7.51. The highest BCUT2D eigenvalue weighted by atomic mass is 35.5. The number of halogens is 1. The Morgan fingerprint density at radius 1 is 1.19 bits per heavy atom. The number of nitrogens with zero attached hydrogens (tertiary/aromatic N) is 2. The summed E-state index contributed by atoms with van der Waals surface area (Å²) >= 11 is 6.01. The lowest BCUT2D eigenvalue weighted by Gasteiger charge is -2.36. The molecule has 0 aliphatic carbocycles. The maximum atomic E-state index is 12.9. The third-order valence-corrected chi connectivity index (χ3v) is 6.04. The number of amides is 1. The number of aromatic hydroxyl groups is 1. The van der Waals surface area contributed by atoms with E-state index in [2.05, 4.69) is 4.90 Å². The maximum absolute atomic E-state index is 12.9. The number of hydrogen-bond acceptors (Lipinski definition) is 6. The minimum atomic E-state index is -0.576. The second kappa shape index (κ2) is 8.51. The maximum Gasteiger partial charge on any atom is 0.340 e. The second-order valence-corrected chi connectivity index (χ2v) is 7.92. The van der Waals surface area contributed by atoms with Gasteiger partial charge >= 0.3 is 5.63 Å². The van der Waals surface area contributed by atoms with E-state index in [-0.39, 0.29) is 28.7 Å². The summed E-state index contributed by atoms with van der Waals surface area (Å²) in [6.45, 7) is 4.20. The Bertz CT molecular complexity index is 1200. The number of carbonyl (C=O) groups excluding carboxylic acids is 1. The van der Waals surface area contributed by atoms with Crippen molar-refractivity contribution in [3.05, 3.63) is 63.0 Å². The summed E-state index contributed by atoms with van der Waals surface area (Å²) in [4.78, 5) is 29.4. The Labute approximate surface area is 184 Å². The van der Waals surface area contributed by atoms with Gasteiger partial charge in [-0.3, -0.25) is 4.79 Å². The molecule has 31 heavy (non-hydrogen) atoms. The fourth-order valence-corrected chi connectivity index (χ4v) is 4.12. The number of benzene rings is 2. The number of aryl methyl sites for hydroxylation is 1. The van der Waals surface area contributed by atoms with Gasteiger partial charge in [-0.15, -0.1) is 0 Å². The first kappa shape index (κ1) is 21.1. The summed E-state index contributed by atoms with van der Waals surface area (Å²) in [5.41, 5.74) is 1.61. The number of rotatable bonds is 4. The molecule has 0 atom stereocenters. The van der Waals surface area contributed by atoms with E-state index in [0.717, 1.165) is 11.4 Å². The molecule has 1 saturated heterocycles. The molecule has 0 spiro atoms. The van der Waals surface area contributed by atoms with Gasteiger partial charge in [0.15, 0.2) is 0 Å². The van der Waals surface area contributed by atoms with Gasteiger partial charge in [0.1, 0.15) is 17.1 Å². The van der Waals surface area contributed by atoms with Gasteiger partial charge in [0.25, 0.3) is 0 Å². The van der Waals surface area contributed by atoms with Crippen molar-refractivity contribution in [1.82, 2.24) is 4.90 Å². The molecule has 1 aromatic heterocycles. The molecular weight excluding hydrogens is 420 g/mol. The first-order valence-electron chi connectivity index (χ1n) is 9.99. The minimum absolute atomic E-state index is 0.0444. The molecule has 0 radical (unpaired) electrons. The molecule has 7 nitrogen and oxygen atoms in total. The molecule has 0 saturated carbocycles. The van der Waals surface area contributed by atoms with E-state index in [9.17, 15) is 14.7 Å². The fourth-order valence-electron chi connectivity index (χ4n) is 3.95. The average molecular weight is 443 g/mol. The Morgan fingerprint density at radius 2 is 1.90 bits per heavy atom. The molecule has 1 aliphatic rings. The quantitative estimate of drug-likeness (QED) is 0.624. The number of hydrogen-bond donors (Lipinski definition) is 1. The van der Waals surface area contributed by atoms with Gasteiger partial charge in [0.05, 0.1) is 29.8 Å². The SMILES string of the molecule is COc1ccccc1N1CCN(C(=O)Cc2c(C)c3cc(Cl)c(O)cc3oc2=O)CC1. The number of phenols is 1. The number of para-hydroxylation sites is 2. The largest absolute Gasteiger partial charge is 0.506 e. The molecule has 1 N–H and O–H groups in total.